The van der Waals surface area contributed by atoms with Crippen LogP contribution < -0.4 is 5.19 Å². The van der Waals surface area contributed by atoms with Crippen LogP contribution in [-0.4, -0.2) is 20.7 Å². The zero-order chi connectivity index (χ0) is 19.3. The fourth-order valence-corrected chi connectivity index (χ4v) is 9.48. The first kappa shape index (κ1) is 20.3. The van der Waals surface area contributed by atoms with Crippen LogP contribution in [0.25, 0.3) is 0 Å². The van der Waals surface area contributed by atoms with Crippen molar-refractivity contribution in [2.24, 2.45) is 11.8 Å². The van der Waals surface area contributed by atoms with Crippen LogP contribution in [0.15, 0.2) is 24.3 Å². The molecular weight excluding hydrogens is 362 g/mol. The van der Waals surface area contributed by atoms with E-state index in [2.05, 4.69) is 0 Å². The van der Waals surface area contributed by atoms with E-state index in [1.54, 1.807) is 27.7 Å². The molecule has 1 aromatic carbocycles. The summed E-state index contributed by atoms with van der Waals surface area (Å²) in [6.07, 6.45) is -11.2. The van der Waals surface area contributed by atoms with Crippen LogP contribution in [0.3, 0.4) is 0 Å². The predicted octanol–water partition coefficient (Wildman–Crippen LogP) is 5.50. The summed E-state index contributed by atoms with van der Waals surface area (Å²) in [5, 5.41) is 0.132. The minimum absolute atomic E-state index is 0.0734. The van der Waals surface area contributed by atoms with E-state index in [0.29, 0.717) is 0 Å². The summed E-state index contributed by atoms with van der Waals surface area (Å²) in [6.45, 7) is 7.18. The van der Waals surface area contributed by atoms with Gasteiger partial charge in [-0.3, -0.25) is 0 Å². The smallest absolute Gasteiger partial charge is 0.388 e. The highest BCUT2D eigenvalue weighted by Gasteiger charge is 2.78. The van der Waals surface area contributed by atoms with Crippen LogP contribution in [0.5, 0.6) is 0 Å². The third kappa shape index (κ3) is 3.23. The number of rotatable bonds is 4. The zero-order valence-electron chi connectivity index (χ0n) is 14.6. The Kier molecular flexibility index (Phi) is 5.11. The molecule has 0 aromatic heterocycles. The summed E-state index contributed by atoms with van der Waals surface area (Å²) in [5.41, 5.74) is -5.00. The lowest BCUT2D eigenvalue weighted by atomic mass is 9.92. The van der Waals surface area contributed by atoms with Gasteiger partial charge in [-0.15, -0.1) is 0 Å². The Morgan fingerprint density at radius 1 is 0.880 bits per heavy atom. The van der Waals surface area contributed by atoms with Gasteiger partial charge >= 0.3 is 12.4 Å². The number of benzene rings is 1. The lowest BCUT2D eigenvalue weighted by Crippen LogP contribution is -2.57. The Hall–Kier alpha value is -1.02. The van der Waals surface area contributed by atoms with E-state index < -0.39 is 31.8 Å². The van der Waals surface area contributed by atoms with Crippen molar-refractivity contribution in [1.29, 1.82) is 0 Å². The summed E-state index contributed by atoms with van der Waals surface area (Å²) in [5.74, 6) is -0.147. The highest BCUT2D eigenvalue weighted by atomic mass is 28.4. The Balaban J connectivity index is 2.80. The van der Waals surface area contributed by atoms with Gasteiger partial charge in [0.05, 0.1) is 0 Å². The summed E-state index contributed by atoms with van der Waals surface area (Å²) < 4.78 is 88.0. The first-order valence-corrected chi connectivity index (χ1v) is 10.5. The van der Waals surface area contributed by atoms with Crippen molar-refractivity contribution < 1.29 is 30.8 Å². The zero-order valence-corrected chi connectivity index (χ0v) is 15.6. The summed E-state index contributed by atoms with van der Waals surface area (Å²) in [6, 6.07) is 5.46. The average Bonchev–Trinajstić information content (AvgIpc) is 2.69. The third-order valence-corrected chi connectivity index (χ3v) is 9.49. The quantitative estimate of drug-likeness (QED) is 0.492. The molecule has 0 amide bonds. The molecule has 0 atom stereocenters. The number of halogens is 6. The first-order chi connectivity index (χ1) is 11.3. The van der Waals surface area contributed by atoms with Crippen molar-refractivity contribution in [2.45, 2.75) is 57.7 Å². The lowest BCUT2D eigenvalue weighted by molar-refractivity contribution is -0.365. The number of fused-ring (bicyclic) bond motifs is 1. The highest BCUT2D eigenvalue weighted by Crippen LogP contribution is 2.58. The monoisotopic (exact) mass is 384 g/mol. The number of hydrogen-bond acceptors (Lipinski definition) is 1. The van der Waals surface area contributed by atoms with Crippen LogP contribution in [0, 0.1) is 11.8 Å². The van der Waals surface area contributed by atoms with E-state index in [1.165, 1.54) is 18.2 Å². The molecule has 8 heteroatoms. The lowest BCUT2D eigenvalue weighted by Gasteiger charge is -2.38. The van der Waals surface area contributed by atoms with E-state index in [-0.39, 0.29) is 29.1 Å². The minimum atomic E-state index is -5.58. The van der Waals surface area contributed by atoms with Gasteiger partial charge in [-0.25, -0.2) is 0 Å². The highest BCUT2D eigenvalue weighted by molar-refractivity contribution is 6.88. The van der Waals surface area contributed by atoms with E-state index in [9.17, 15) is 26.3 Å². The van der Waals surface area contributed by atoms with Crippen molar-refractivity contribution >= 4 is 13.5 Å². The Bertz CT molecular complexity index is 596. The molecule has 0 bridgehead atoms. The van der Waals surface area contributed by atoms with Crippen molar-refractivity contribution in [3.8, 4) is 0 Å². The number of hydrogen-bond donors (Lipinski definition) is 0. The maximum Gasteiger partial charge on any atom is 0.429 e. The van der Waals surface area contributed by atoms with Gasteiger partial charge in [-0.1, -0.05) is 52.0 Å². The number of alkyl halides is 6. The molecule has 0 saturated heterocycles. The van der Waals surface area contributed by atoms with Gasteiger partial charge in [0.1, 0.15) is 0 Å². The first-order valence-electron chi connectivity index (χ1n) is 8.20. The molecular formula is C17H22F6OSi. The second-order valence-corrected chi connectivity index (χ2v) is 11.1. The van der Waals surface area contributed by atoms with Crippen LogP contribution >= 0.6 is 0 Å². The molecule has 0 N–H and O–H groups in total. The molecule has 1 heterocycles. The topological polar surface area (TPSA) is 9.23 Å². The van der Waals surface area contributed by atoms with Gasteiger partial charge in [0.25, 0.3) is 5.60 Å². The Morgan fingerprint density at radius 2 is 1.32 bits per heavy atom. The standard InChI is InChI=1S/C17H22F6OSi/c1-11(2)9-25(10-12(3)4)14-8-6-5-7-13(14)15(24-25,16(18,19)20)17(21,22)23/h5-8,11-12H,9-10H2,1-4H3. The molecule has 0 fully saturated rings. The molecule has 142 valence electrons. The predicted molar refractivity (Wildman–Crippen MR) is 86.0 cm³/mol. The normalized spacial score (nSPS) is 19.5. The van der Waals surface area contributed by atoms with Crippen LogP contribution in [0.4, 0.5) is 26.3 Å². The Morgan fingerprint density at radius 3 is 1.72 bits per heavy atom. The maximum atomic E-state index is 13.8. The van der Waals surface area contributed by atoms with Gasteiger partial charge in [0.2, 0.25) is 8.32 Å². The second kappa shape index (κ2) is 6.30. The van der Waals surface area contributed by atoms with Crippen LogP contribution in [-0.2, 0) is 10.0 Å². The van der Waals surface area contributed by atoms with Crippen LogP contribution in [0.1, 0.15) is 33.3 Å². The van der Waals surface area contributed by atoms with Crippen molar-refractivity contribution in [3.63, 3.8) is 0 Å². The molecule has 1 aromatic rings. The van der Waals surface area contributed by atoms with E-state index >= 15 is 0 Å². The van der Waals surface area contributed by atoms with Crippen molar-refractivity contribution in [3.05, 3.63) is 29.8 Å². The van der Waals surface area contributed by atoms with Crippen LogP contribution in [0.2, 0.25) is 12.1 Å². The fourth-order valence-electron chi connectivity index (χ4n) is 3.88. The largest absolute Gasteiger partial charge is 0.429 e. The van der Waals surface area contributed by atoms with Gasteiger partial charge < -0.3 is 4.43 Å². The van der Waals surface area contributed by atoms with E-state index in [4.69, 9.17) is 4.43 Å². The second-order valence-electron chi connectivity index (χ2n) is 7.51. The molecule has 1 aliphatic heterocycles. The molecule has 25 heavy (non-hydrogen) atoms. The average molecular weight is 384 g/mol. The summed E-state index contributed by atoms with van der Waals surface area (Å²) in [7, 11) is -3.47. The Labute approximate surface area is 144 Å². The third-order valence-electron chi connectivity index (χ3n) is 4.42. The molecule has 0 aliphatic carbocycles. The molecule has 2 rings (SSSR count). The fraction of sp³-hybridized carbons (Fsp3) is 0.647. The van der Waals surface area contributed by atoms with E-state index in [0.717, 1.165) is 6.07 Å². The summed E-state index contributed by atoms with van der Waals surface area (Å²) in [4.78, 5) is 0. The van der Waals surface area contributed by atoms with Gasteiger partial charge in [0, 0.05) is 5.56 Å². The van der Waals surface area contributed by atoms with E-state index in [1.807, 2.05) is 0 Å². The minimum Gasteiger partial charge on any atom is -0.388 e. The maximum absolute atomic E-state index is 13.8. The van der Waals surface area contributed by atoms with Gasteiger partial charge in [-0.05, 0) is 29.1 Å². The molecule has 0 unspecified atom stereocenters. The van der Waals surface area contributed by atoms with Gasteiger partial charge in [-0.2, -0.15) is 26.3 Å². The SMILES string of the molecule is CC(C)C[Si]1(CC(C)C)OC(C(F)(F)F)(C(F)(F)F)c2ccccc21. The van der Waals surface area contributed by atoms with Crippen molar-refractivity contribution in [2.75, 3.05) is 0 Å². The molecule has 1 nitrogen and oxygen atoms in total. The molecule has 0 radical (unpaired) electrons. The molecule has 0 spiro atoms. The molecule has 0 saturated carbocycles. The van der Waals surface area contributed by atoms with Gasteiger partial charge in [0.15, 0.2) is 0 Å². The molecule has 1 aliphatic rings. The van der Waals surface area contributed by atoms with Crippen molar-refractivity contribution in [1.82, 2.24) is 0 Å². The summed E-state index contributed by atoms with van der Waals surface area (Å²) >= 11 is 0.